The Morgan fingerprint density at radius 2 is 2.21 bits per heavy atom. The lowest BCUT2D eigenvalue weighted by molar-refractivity contribution is -0.113. The van der Waals surface area contributed by atoms with E-state index in [0.717, 1.165) is 28.5 Å². The summed E-state index contributed by atoms with van der Waals surface area (Å²) in [5.74, 6) is -0.368. The molecule has 0 saturated carbocycles. The molecule has 0 bridgehead atoms. The monoisotopic (exact) mass is 251 g/mol. The van der Waals surface area contributed by atoms with Crippen molar-refractivity contribution in [2.75, 3.05) is 0 Å². The minimum atomic E-state index is -0.368. The fourth-order valence-electron chi connectivity index (χ4n) is 1.79. The predicted octanol–water partition coefficient (Wildman–Crippen LogP) is 2.26. The molecule has 0 heterocycles. The summed E-state index contributed by atoms with van der Waals surface area (Å²) < 4.78 is 1.04. The summed E-state index contributed by atoms with van der Waals surface area (Å²) in [7, 11) is 0. The van der Waals surface area contributed by atoms with Crippen LogP contribution in [0.2, 0.25) is 0 Å². The Balaban J connectivity index is 2.48. The molecule has 0 fully saturated rings. The summed E-state index contributed by atoms with van der Waals surface area (Å²) in [5.41, 5.74) is 8.63. The van der Waals surface area contributed by atoms with Gasteiger partial charge in [-0.25, -0.2) is 0 Å². The summed E-state index contributed by atoms with van der Waals surface area (Å²) in [6, 6.07) is 6.14. The molecule has 0 spiro atoms. The third-order valence-electron chi connectivity index (χ3n) is 2.40. The maximum Gasteiger partial charge on any atom is 0.241 e. The lowest BCUT2D eigenvalue weighted by Crippen LogP contribution is -2.06. The van der Waals surface area contributed by atoms with Gasteiger partial charge in [0.1, 0.15) is 0 Å². The molecule has 0 aliphatic heterocycles. The number of aryl methyl sites for hydroxylation is 1. The fraction of sp³-hybridized carbons (Fsp3) is 0.182. The molecule has 0 atom stereocenters. The number of carbonyl (C=O) groups excluding carboxylic acids is 1. The maximum absolute atomic E-state index is 10.8. The number of nitrogens with two attached hydrogens (primary N) is 1. The van der Waals surface area contributed by atoms with Crippen molar-refractivity contribution in [3.05, 3.63) is 39.9 Å². The average molecular weight is 252 g/mol. The largest absolute Gasteiger partial charge is 0.366 e. The number of allylic oxidation sites excluding steroid dienone is 1. The summed E-state index contributed by atoms with van der Waals surface area (Å²) in [4.78, 5) is 10.8. The van der Waals surface area contributed by atoms with Crippen LogP contribution in [-0.4, -0.2) is 5.91 Å². The van der Waals surface area contributed by atoms with Gasteiger partial charge in [-0.1, -0.05) is 22.0 Å². The zero-order valence-electron chi connectivity index (χ0n) is 7.59. The van der Waals surface area contributed by atoms with Gasteiger partial charge in [-0.05, 0) is 41.7 Å². The highest BCUT2D eigenvalue weighted by atomic mass is 79.9. The van der Waals surface area contributed by atoms with Crippen molar-refractivity contribution in [1.29, 1.82) is 0 Å². The molecule has 1 aliphatic carbocycles. The Hall–Kier alpha value is -1.09. The van der Waals surface area contributed by atoms with Crippen LogP contribution in [0.4, 0.5) is 0 Å². The SMILES string of the molecule is NC(=O)/C=C1\CCc2ccc(Br)cc21. The first-order chi connectivity index (χ1) is 6.66. The second kappa shape index (κ2) is 3.58. The third kappa shape index (κ3) is 1.73. The Kier molecular flexibility index (Phi) is 2.42. The Morgan fingerprint density at radius 3 is 2.93 bits per heavy atom. The maximum atomic E-state index is 10.8. The first kappa shape index (κ1) is 9.46. The van der Waals surface area contributed by atoms with Crippen LogP contribution >= 0.6 is 15.9 Å². The van der Waals surface area contributed by atoms with Crippen LogP contribution in [-0.2, 0) is 11.2 Å². The number of primary amides is 1. The van der Waals surface area contributed by atoms with Crippen LogP contribution in [0.3, 0.4) is 0 Å². The van der Waals surface area contributed by atoms with Crippen molar-refractivity contribution in [2.45, 2.75) is 12.8 Å². The number of fused-ring (bicyclic) bond motifs is 1. The van der Waals surface area contributed by atoms with Crippen LogP contribution in [0.25, 0.3) is 5.57 Å². The Bertz CT molecular complexity index is 423. The molecular formula is C11H10BrNO. The van der Waals surface area contributed by atoms with Gasteiger partial charge in [-0.3, -0.25) is 4.79 Å². The zero-order chi connectivity index (χ0) is 10.1. The number of halogens is 1. The quantitative estimate of drug-likeness (QED) is 0.765. The number of hydrogen-bond donors (Lipinski definition) is 1. The van der Waals surface area contributed by atoms with E-state index in [1.807, 2.05) is 12.1 Å². The van der Waals surface area contributed by atoms with Crippen molar-refractivity contribution < 1.29 is 4.79 Å². The molecule has 3 heteroatoms. The van der Waals surface area contributed by atoms with E-state index in [0.29, 0.717) is 0 Å². The number of carbonyl (C=O) groups is 1. The summed E-state index contributed by atoms with van der Waals surface area (Å²) in [6.07, 6.45) is 3.44. The van der Waals surface area contributed by atoms with Crippen LogP contribution < -0.4 is 5.73 Å². The second-order valence-electron chi connectivity index (χ2n) is 3.37. The molecule has 1 aromatic rings. The standard InChI is InChI=1S/C11H10BrNO/c12-9-4-3-7-1-2-8(5-11(13)14)10(7)6-9/h3-6H,1-2H2,(H2,13,14)/b8-5+. The number of hydrogen-bond acceptors (Lipinski definition) is 1. The molecule has 0 saturated heterocycles. The minimum absolute atomic E-state index is 0.368. The topological polar surface area (TPSA) is 43.1 Å². The predicted molar refractivity (Wildman–Crippen MR) is 59.6 cm³/mol. The first-order valence-electron chi connectivity index (χ1n) is 4.45. The Morgan fingerprint density at radius 1 is 1.43 bits per heavy atom. The number of amides is 1. The van der Waals surface area contributed by atoms with E-state index >= 15 is 0 Å². The van der Waals surface area contributed by atoms with Crippen LogP contribution in [0.1, 0.15) is 17.5 Å². The van der Waals surface area contributed by atoms with E-state index in [1.54, 1.807) is 0 Å². The van der Waals surface area contributed by atoms with Gasteiger partial charge >= 0.3 is 0 Å². The van der Waals surface area contributed by atoms with Crippen LogP contribution in [0, 0.1) is 0 Å². The average Bonchev–Trinajstić information content (AvgIpc) is 2.47. The molecule has 2 nitrogen and oxygen atoms in total. The van der Waals surface area contributed by atoms with Gasteiger partial charge in [0.2, 0.25) is 5.91 Å². The van der Waals surface area contributed by atoms with Crippen LogP contribution in [0.15, 0.2) is 28.7 Å². The highest BCUT2D eigenvalue weighted by molar-refractivity contribution is 9.10. The molecule has 2 N–H and O–H groups in total. The molecule has 0 aromatic heterocycles. The smallest absolute Gasteiger partial charge is 0.241 e. The third-order valence-corrected chi connectivity index (χ3v) is 2.89. The van der Waals surface area contributed by atoms with Crippen molar-refractivity contribution in [1.82, 2.24) is 0 Å². The van der Waals surface area contributed by atoms with E-state index in [1.165, 1.54) is 11.6 Å². The highest BCUT2D eigenvalue weighted by Crippen LogP contribution is 2.33. The van der Waals surface area contributed by atoms with Gasteiger partial charge in [-0.2, -0.15) is 0 Å². The van der Waals surface area contributed by atoms with Crippen molar-refractivity contribution in [3.63, 3.8) is 0 Å². The van der Waals surface area contributed by atoms with Gasteiger partial charge in [0.05, 0.1) is 0 Å². The second-order valence-corrected chi connectivity index (χ2v) is 4.29. The van der Waals surface area contributed by atoms with E-state index in [9.17, 15) is 4.79 Å². The van der Waals surface area contributed by atoms with Gasteiger partial charge in [0.25, 0.3) is 0 Å². The van der Waals surface area contributed by atoms with E-state index in [2.05, 4.69) is 22.0 Å². The summed E-state index contributed by atoms with van der Waals surface area (Å²) in [6.45, 7) is 0. The summed E-state index contributed by atoms with van der Waals surface area (Å²) >= 11 is 3.42. The van der Waals surface area contributed by atoms with Crippen LogP contribution in [0.5, 0.6) is 0 Å². The molecule has 1 aromatic carbocycles. The first-order valence-corrected chi connectivity index (χ1v) is 5.25. The molecule has 2 rings (SSSR count). The molecule has 14 heavy (non-hydrogen) atoms. The normalized spacial score (nSPS) is 17.1. The minimum Gasteiger partial charge on any atom is -0.366 e. The highest BCUT2D eigenvalue weighted by Gasteiger charge is 2.16. The number of benzene rings is 1. The lowest BCUT2D eigenvalue weighted by Gasteiger charge is -2.00. The molecule has 0 radical (unpaired) electrons. The molecule has 1 aliphatic rings. The van der Waals surface area contributed by atoms with Gasteiger partial charge in [0, 0.05) is 10.5 Å². The molecule has 0 unspecified atom stereocenters. The summed E-state index contributed by atoms with van der Waals surface area (Å²) in [5, 5.41) is 0. The van der Waals surface area contributed by atoms with E-state index in [4.69, 9.17) is 5.73 Å². The molecule has 72 valence electrons. The molecule has 1 amide bonds. The zero-order valence-corrected chi connectivity index (χ0v) is 9.17. The van der Waals surface area contributed by atoms with Crippen molar-refractivity contribution >= 4 is 27.4 Å². The van der Waals surface area contributed by atoms with Crippen molar-refractivity contribution in [2.24, 2.45) is 5.73 Å². The van der Waals surface area contributed by atoms with Gasteiger partial charge in [-0.15, -0.1) is 0 Å². The van der Waals surface area contributed by atoms with E-state index in [-0.39, 0.29) is 5.91 Å². The van der Waals surface area contributed by atoms with Gasteiger partial charge < -0.3 is 5.73 Å². The van der Waals surface area contributed by atoms with Crippen molar-refractivity contribution in [3.8, 4) is 0 Å². The van der Waals surface area contributed by atoms with E-state index < -0.39 is 0 Å². The molecular weight excluding hydrogens is 242 g/mol. The number of rotatable bonds is 1. The lowest BCUT2D eigenvalue weighted by atomic mass is 10.1. The van der Waals surface area contributed by atoms with Gasteiger partial charge in [0.15, 0.2) is 0 Å². The Labute approximate surface area is 90.9 Å². The fourth-order valence-corrected chi connectivity index (χ4v) is 2.15.